The second-order valence-corrected chi connectivity index (χ2v) is 3.70. The van der Waals surface area contributed by atoms with Crippen LogP contribution < -0.4 is 0 Å². The molecule has 1 saturated heterocycles. The highest BCUT2D eigenvalue weighted by Gasteiger charge is 2.16. The fourth-order valence-electron chi connectivity index (χ4n) is 0.736. The Labute approximate surface area is 64.3 Å². The van der Waals surface area contributed by atoms with Crippen molar-refractivity contribution >= 4 is 17.7 Å². The van der Waals surface area contributed by atoms with Crippen LogP contribution in [0.4, 0.5) is 0 Å². The zero-order chi connectivity index (χ0) is 7.56. The highest BCUT2D eigenvalue weighted by atomic mass is 32.2. The largest absolute Gasteiger partial charge is 0.478 e. The van der Waals surface area contributed by atoms with Crippen molar-refractivity contribution in [1.29, 1.82) is 0 Å². The lowest BCUT2D eigenvalue weighted by atomic mass is 10.2. The van der Waals surface area contributed by atoms with Gasteiger partial charge in [-0.25, -0.2) is 4.79 Å². The molecule has 0 saturated carbocycles. The molecule has 0 radical (unpaired) electrons. The Kier molecular flexibility index (Phi) is 2.38. The van der Waals surface area contributed by atoms with Crippen molar-refractivity contribution in [3.05, 3.63) is 11.6 Å². The summed E-state index contributed by atoms with van der Waals surface area (Å²) >= 11 is 1.81. The molecule has 1 aliphatic heterocycles. The van der Waals surface area contributed by atoms with Gasteiger partial charge in [-0.1, -0.05) is 6.08 Å². The van der Waals surface area contributed by atoms with Gasteiger partial charge in [0.15, 0.2) is 0 Å². The first-order valence-corrected chi connectivity index (χ1v) is 4.28. The number of aliphatic carboxylic acids is 1. The zero-order valence-corrected chi connectivity index (χ0v) is 6.65. The number of rotatable bonds is 2. The fourth-order valence-corrected chi connectivity index (χ4v) is 1.54. The number of carboxylic acids is 1. The van der Waals surface area contributed by atoms with Crippen LogP contribution in [-0.2, 0) is 4.79 Å². The summed E-state index contributed by atoms with van der Waals surface area (Å²) in [6, 6.07) is 0. The molecule has 0 spiro atoms. The van der Waals surface area contributed by atoms with E-state index < -0.39 is 5.97 Å². The fraction of sp³-hybridized carbons (Fsp3) is 0.571. The molecule has 1 fully saturated rings. The number of hydrogen-bond donors (Lipinski definition) is 1. The summed E-state index contributed by atoms with van der Waals surface area (Å²) in [5.74, 6) is 0.376. The van der Waals surface area contributed by atoms with Crippen molar-refractivity contribution in [3.8, 4) is 0 Å². The van der Waals surface area contributed by atoms with Crippen LogP contribution in [0.15, 0.2) is 11.6 Å². The second kappa shape index (κ2) is 3.10. The van der Waals surface area contributed by atoms with E-state index in [1.807, 2.05) is 17.8 Å². The van der Waals surface area contributed by atoms with Gasteiger partial charge in [0.25, 0.3) is 0 Å². The number of carboxylic acid groups (broad SMARTS) is 1. The van der Waals surface area contributed by atoms with Gasteiger partial charge < -0.3 is 5.11 Å². The first-order chi connectivity index (χ1) is 4.70. The predicted molar refractivity (Wildman–Crippen MR) is 42.3 cm³/mol. The van der Waals surface area contributed by atoms with Crippen LogP contribution in [-0.4, -0.2) is 22.1 Å². The van der Waals surface area contributed by atoms with Gasteiger partial charge >= 0.3 is 5.97 Å². The summed E-state index contributed by atoms with van der Waals surface area (Å²) in [5, 5.41) is 8.94. The maximum Gasteiger partial charge on any atom is 0.330 e. The molecular formula is C7H10O2S. The Balaban J connectivity index is 2.44. The molecule has 1 unspecified atom stereocenters. The molecule has 3 heteroatoms. The summed E-state index contributed by atoms with van der Waals surface area (Å²) in [5.41, 5.74) is 0.470. The third-order valence-electron chi connectivity index (χ3n) is 1.51. The normalized spacial score (nSPS) is 25.7. The number of hydrogen-bond acceptors (Lipinski definition) is 2. The molecule has 0 aliphatic carbocycles. The Bertz CT molecular complexity index is 170. The van der Waals surface area contributed by atoms with Crippen LogP contribution in [0.5, 0.6) is 0 Å². The topological polar surface area (TPSA) is 37.3 Å². The van der Waals surface area contributed by atoms with Crippen molar-refractivity contribution < 1.29 is 9.90 Å². The molecule has 1 aliphatic rings. The predicted octanol–water partition coefficient (Wildman–Crippen LogP) is 1.52. The Morgan fingerprint density at radius 1 is 1.80 bits per heavy atom. The van der Waals surface area contributed by atoms with Crippen LogP contribution >= 0.6 is 11.8 Å². The lowest BCUT2D eigenvalue weighted by molar-refractivity contribution is -0.132. The molecule has 1 rings (SSSR count). The molecule has 1 heterocycles. The lowest BCUT2D eigenvalue weighted by Crippen LogP contribution is -2.14. The standard InChI is InChI=1S/C7H10O2S/c1-5(7(8)9)4-6-2-3-10-6/h4,6H,2-3H2,1H3,(H,8,9). The number of carbonyl (C=O) groups is 1. The van der Waals surface area contributed by atoms with Gasteiger partial charge in [-0.15, -0.1) is 0 Å². The SMILES string of the molecule is CC(=CC1CCS1)C(=O)O. The Morgan fingerprint density at radius 2 is 2.40 bits per heavy atom. The van der Waals surface area contributed by atoms with Gasteiger partial charge in [-0.05, 0) is 19.1 Å². The third-order valence-corrected chi connectivity index (χ3v) is 2.78. The maximum absolute atomic E-state index is 10.3. The molecule has 1 atom stereocenters. The van der Waals surface area contributed by atoms with E-state index in [2.05, 4.69) is 0 Å². The van der Waals surface area contributed by atoms with Crippen LogP contribution in [0, 0.1) is 0 Å². The van der Waals surface area contributed by atoms with Gasteiger partial charge in [-0.3, -0.25) is 0 Å². The first kappa shape index (κ1) is 7.66. The second-order valence-electron chi connectivity index (χ2n) is 2.35. The molecule has 0 aromatic rings. The molecule has 1 N–H and O–H groups in total. The van der Waals surface area contributed by atoms with E-state index in [0.29, 0.717) is 10.8 Å². The minimum Gasteiger partial charge on any atom is -0.478 e. The van der Waals surface area contributed by atoms with E-state index in [4.69, 9.17) is 5.11 Å². The summed E-state index contributed by atoms with van der Waals surface area (Å²) < 4.78 is 0. The first-order valence-electron chi connectivity index (χ1n) is 3.23. The summed E-state index contributed by atoms with van der Waals surface area (Å²) in [4.78, 5) is 10.3. The van der Waals surface area contributed by atoms with E-state index in [9.17, 15) is 4.79 Å². The van der Waals surface area contributed by atoms with Crippen LogP contribution in [0.2, 0.25) is 0 Å². The molecule has 2 nitrogen and oxygen atoms in total. The van der Waals surface area contributed by atoms with Crippen molar-refractivity contribution in [3.63, 3.8) is 0 Å². The lowest BCUT2D eigenvalue weighted by Gasteiger charge is -2.21. The monoisotopic (exact) mass is 158 g/mol. The van der Waals surface area contributed by atoms with Gasteiger partial charge in [0, 0.05) is 10.8 Å². The minimum absolute atomic E-state index is 0.469. The Morgan fingerprint density at radius 3 is 2.70 bits per heavy atom. The maximum atomic E-state index is 10.3. The molecule has 10 heavy (non-hydrogen) atoms. The minimum atomic E-state index is -0.799. The van der Waals surface area contributed by atoms with E-state index in [-0.39, 0.29) is 0 Å². The summed E-state index contributed by atoms with van der Waals surface area (Å²) in [6.07, 6.45) is 2.96. The van der Waals surface area contributed by atoms with E-state index in [1.54, 1.807) is 6.92 Å². The van der Waals surface area contributed by atoms with Crippen molar-refractivity contribution in [1.82, 2.24) is 0 Å². The highest BCUT2D eigenvalue weighted by molar-refractivity contribution is 8.01. The molecule has 56 valence electrons. The highest BCUT2D eigenvalue weighted by Crippen LogP contribution is 2.29. The van der Waals surface area contributed by atoms with Gasteiger partial charge in [0.1, 0.15) is 0 Å². The molecule has 0 aromatic heterocycles. The zero-order valence-electron chi connectivity index (χ0n) is 5.83. The average molecular weight is 158 g/mol. The summed E-state index contributed by atoms with van der Waals surface area (Å²) in [6.45, 7) is 1.64. The van der Waals surface area contributed by atoms with Crippen molar-refractivity contribution in [2.24, 2.45) is 0 Å². The summed E-state index contributed by atoms with van der Waals surface area (Å²) in [7, 11) is 0. The Hall–Kier alpha value is -0.440. The van der Waals surface area contributed by atoms with Gasteiger partial charge in [-0.2, -0.15) is 11.8 Å². The molecule has 0 amide bonds. The van der Waals surface area contributed by atoms with Gasteiger partial charge in [0.2, 0.25) is 0 Å². The third kappa shape index (κ3) is 1.77. The van der Waals surface area contributed by atoms with Crippen LogP contribution in [0.1, 0.15) is 13.3 Å². The quantitative estimate of drug-likeness (QED) is 0.619. The van der Waals surface area contributed by atoms with Crippen LogP contribution in [0.25, 0.3) is 0 Å². The van der Waals surface area contributed by atoms with Crippen molar-refractivity contribution in [2.45, 2.75) is 18.6 Å². The van der Waals surface area contributed by atoms with E-state index in [1.165, 1.54) is 5.75 Å². The van der Waals surface area contributed by atoms with Crippen molar-refractivity contribution in [2.75, 3.05) is 5.75 Å². The smallest absolute Gasteiger partial charge is 0.330 e. The van der Waals surface area contributed by atoms with Crippen LogP contribution in [0.3, 0.4) is 0 Å². The molecular weight excluding hydrogens is 148 g/mol. The molecule has 0 bridgehead atoms. The van der Waals surface area contributed by atoms with Gasteiger partial charge in [0.05, 0.1) is 0 Å². The van der Waals surface area contributed by atoms with E-state index in [0.717, 1.165) is 6.42 Å². The number of thioether (sulfide) groups is 1. The van der Waals surface area contributed by atoms with E-state index >= 15 is 0 Å². The molecule has 0 aromatic carbocycles. The average Bonchev–Trinajstić information content (AvgIpc) is 1.77.